The molecule has 0 amide bonds. The van der Waals surface area contributed by atoms with Gasteiger partial charge in [0.25, 0.3) is 0 Å². The van der Waals surface area contributed by atoms with E-state index in [0.717, 1.165) is 12.0 Å². The Balaban J connectivity index is 2.80. The normalized spacial score (nSPS) is 12.6. The second kappa shape index (κ2) is 7.81. The molecule has 0 saturated carbocycles. The number of sulfonamides is 1. The molecule has 0 aliphatic carbocycles. The number of carboxylic acids is 1. The quantitative estimate of drug-likeness (QED) is 0.717. The van der Waals surface area contributed by atoms with Crippen molar-refractivity contribution < 1.29 is 18.3 Å². The first-order valence-corrected chi connectivity index (χ1v) is 8.16. The van der Waals surface area contributed by atoms with Crippen LogP contribution in [0, 0.1) is 12.3 Å². The van der Waals surface area contributed by atoms with Crippen LogP contribution in [-0.2, 0) is 21.2 Å². The van der Waals surface area contributed by atoms with Crippen molar-refractivity contribution in [2.24, 2.45) is 0 Å². The summed E-state index contributed by atoms with van der Waals surface area (Å²) >= 11 is 0. The van der Waals surface area contributed by atoms with Crippen molar-refractivity contribution in [2.75, 3.05) is 0 Å². The Morgan fingerprint density at radius 1 is 1.38 bits per heavy atom. The molecule has 1 aromatic carbocycles. The van der Waals surface area contributed by atoms with E-state index < -0.39 is 22.0 Å². The van der Waals surface area contributed by atoms with Crippen LogP contribution in [0.1, 0.15) is 31.7 Å². The van der Waals surface area contributed by atoms with Gasteiger partial charge in [0.1, 0.15) is 0 Å². The molecular weight excluding hydrogens is 290 g/mol. The van der Waals surface area contributed by atoms with Gasteiger partial charge in [0.05, 0.1) is 10.9 Å². The molecule has 0 fully saturated rings. The first-order chi connectivity index (χ1) is 9.89. The third-order valence-corrected chi connectivity index (χ3v) is 4.42. The number of carbonyl (C=O) groups is 1. The fourth-order valence-corrected chi connectivity index (χ4v) is 3.00. The van der Waals surface area contributed by atoms with Gasteiger partial charge < -0.3 is 5.11 Å². The molecular formula is C15H19NO4S. The lowest BCUT2D eigenvalue weighted by Crippen LogP contribution is -2.33. The maximum atomic E-state index is 12.2. The van der Waals surface area contributed by atoms with Gasteiger partial charge in [0, 0.05) is 6.42 Å². The van der Waals surface area contributed by atoms with Crippen LogP contribution in [0.25, 0.3) is 0 Å². The van der Waals surface area contributed by atoms with E-state index in [0.29, 0.717) is 12.8 Å². The molecule has 1 atom stereocenters. The van der Waals surface area contributed by atoms with Gasteiger partial charge in [-0.25, -0.2) is 8.42 Å². The van der Waals surface area contributed by atoms with Gasteiger partial charge in [-0.3, -0.25) is 4.79 Å². The van der Waals surface area contributed by atoms with Crippen molar-refractivity contribution in [2.45, 2.75) is 43.5 Å². The van der Waals surface area contributed by atoms with Gasteiger partial charge in [-0.15, -0.1) is 6.42 Å². The smallest absolute Gasteiger partial charge is 0.303 e. The third-order valence-electron chi connectivity index (χ3n) is 2.94. The fourth-order valence-electron chi connectivity index (χ4n) is 1.81. The molecule has 1 unspecified atom stereocenters. The van der Waals surface area contributed by atoms with Gasteiger partial charge in [0.15, 0.2) is 0 Å². The molecule has 0 heterocycles. The average Bonchev–Trinajstić information content (AvgIpc) is 2.45. The highest BCUT2D eigenvalue weighted by atomic mass is 32.2. The minimum Gasteiger partial charge on any atom is -0.481 e. The molecule has 0 aromatic heterocycles. The third kappa shape index (κ3) is 5.58. The van der Waals surface area contributed by atoms with Crippen molar-refractivity contribution in [3.8, 4) is 12.3 Å². The van der Waals surface area contributed by atoms with Crippen LogP contribution in [0.5, 0.6) is 0 Å². The molecule has 5 nitrogen and oxygen atoms in total. The SMILES string of the molecule is C#CC(CCC)NS(=O)(=O)c1ccc(CCC(=O)O)cc1. The minimum absolute atomic E-state index is 0.0139. The van der Waals surface area contributed by atoms with E-state index in [2.05, 4.69) is 10.6 Å². The monoisotopic (exact) mass is 309 g/mol. The summed E-state index contributed by atoms with van der Waals surface area (Å²) in [6.07, 6.45) is 7.04. The molecule has 0 saturated heterocycles. The maximum Gasteiger partial charge on any atom is 0.303 e. The highest BCUT2D eigenvalue weighted by molar-refractivity contribution is 7.89. The van der Waals surface area contributed by atoms with E-state index >= 15 is 0 Å². The Morgan fingerprint density at radius 2 is 2.00 bits per heavy atom. The van der Waals surface area contributed by atoms with Crippen molar-refractivity contribution >= 4 is 16.0 Å². The van der Waals surface area contributed by atoms with Gasteiger partial charge in [-0.05, 0) is 30.5 Å². The van der Waals surface area contributed by atoms with E-state index in [1.165, 1.54) is 12.1 Å². The Kier molecular flexibility index (Phi) is 6.40. The number of carboxylic acid groups (broad SMARTS) is 1. The summed E-state index contributed by atoms with van der Waals surface area (Å²) in [5, 5.41) is 8.61. The molecule has 0 bridgehead atoms. The Morgan fingerprint density at radius 3 is 2.48 bits per heavy atom. The zero-order valence-corrected chi connectivity index (χ0v) is 12.7. The highest BCUT2D eigenvalue weighted by Crippen LogP contribution is 2.13. The Bertz CT molecular complexity index is 614. The predicted molar refractivity (Wildman–Crippen MR) is 80.2 cm³/mol. The van der Waals surface area contributed by atoms with Crippen LogP contribution < -0.4 is 4.72 Å². The van der Waals surface area contributed by atoms with Crippen molar-refractivity contribution in [1.29, 1.82) is 0 Å². The number of aryl methyl sites for hydroxylation is 1. The number of hydrogen-bond acceptors (Lipinski definition) is 3. The predicted octanol–water partition coefficient (Wildman–Crippen LogP) is 1.78. The van der Waals surface area contributed by atoms with Crippen molar-refractivity contribution in [1.82, 2.24) is 4.72 Å². The summed E-state index contributed by atoms with van der Waals surface area (Å²) in [6.45, 7) is 1.93. The lowest BCUT2D eigenvalue weighted by molar-refractivity contribution is -0.136. The number of aliphatic carboxylic acids is 1. The Labute approximate surface area is 125 Å². The van der Waals surface area contributed by atoms with Crippen LogP contribution >= 0.6 is 0 Å². The number of benzene rings is 1. The van der Waals surface area contributed by atoms with Gasteiger partial charge >= 0.3 is 5.97 Å². The number of terminal acetylenes is 1. The minimum atomic E-state index is -3.65. The molecule has 6 heteroatoms. The lowest BCUT2D eigenvalue weighted by atomic mass is 10.1. The topological polar surface area (TPSA) is 83.5 Å². The number of rotatable bonds is 8. The Hall–Kier alpha value is -1.84. The molecule has 1 rings (SSSR count). The summed E-state index contributed by atoms with van der Waals surface area (Å²) in [7, 11) is -3.65. The molecule has 2 N–H and O–H groups in total. The van der Waals surface area contributed by atoms with Crippen LogP contribution in [0.15, 0.2) is 29.2 Å². The molecule has 21 heavy (non-hydrogen) atoms. The first kappa shape index (κ1) is 17.2. The van der Waals surface area contributed by atoms with Crippen molar-refractivity contribution in [3.63, 3.8) is 0 Å². The van der Waals surface area contributed by atoms with E-state index in [1.807, 2.05) is 6.92 Å². The molecule has 114 valence electrons. The van der Waals surface area contributed by atoms with Crippen molar-refractivity contribution in [3.05, 3.63) is 29.8 Å². The average molecular weight is 309 g/mol. The summed E-state index contributed by atoms with van der Waals surface area (Å²) in [6, 6.07) is 5.62. The van der Waals surface area contributed by atoms with Gasteiger partial charge in [-0.1, -0.05) is 31.4 Å². The van der Waals surface area contributed by atoms with Gasteiger partial charge in [0.2, 0.25) is 10.0 Å². The van der Waals surface area contributed by atoms with Crippen LogP contribution in [0.4, 0.5) is 0 Å². The second-order valence-electron chi connectivity index (χ2n) is 4.67. The number of hydrogen-bond donors (Lipinski definition) is 2. The number of nitrogens with one attached hydrogen (secondary N) is 1. The van der Waals surface area contributed by atoms with Gasteiger partial charge in [-0.2, -0.15) is 4.72 Å². The molecule has 0 aliphatic rings. The molecule has 0 spiro atoms. The molecule has 0 aliphatic heterocycles. The summed E-state index contributed by atoms with van der Waals surface area (Å²) in [4.78, 5) is 10.6. The largest absolute Gasteiger partial charge is 0.481 e. The highest BCUT2D eigenvalue weighted by Gasteiger charge is 2.18. The summed E-state index contributed by atoms with van der Waals surface area (Å²) in [5.74, 6) is 1.53. The van der Waals surface area contributed by atoms with E-state index in [-0.39, 0.29) is 11.3 Å². The van der Waals surface area contributed by atoms with E-state index in [9.17, 15) is 13.2 Å². The maximum absolute atomic E-state index is 12.2. The van der Waals surface area contributed by atoms with Crippen LogP contribution in [0.3, 0.4) is 0 Å². The first-order valence-electron chi connectivity index (χ1n) is 6.68. The fraction of sp³-hybridized carbons (Fsp3) is 0.400. The summed E-state index contributed by atoms with van der Waals surface area (Å²) in [5.41, 5.74) is 0.776. The standard InChI is InChI=1S/C15H19NO4S/c1-3-5-13(4-2)16-21(19,20)14-9-6-12(7-10-14)8-11-15(17)18/h2,6-7,9-10,13,16H,3,5,8,11H2,1H3,(H,17,18). The van der Waals surface area contributed by atoms with E-state index in [1.54, 1.807) is 12.1 Å². The molecule has 1 aromatic rings. The van der Waals surface area contributed by atoms with Crippen LogP contribution in [0.2, 0.25) is 0 Å². The second-order valence-corrected chi connectivity index (χ2v) is 6.38. The van der Waals surface area contributed by atoms with Crippen LogP contribution in [-0.4, -0.2) is 25.5 Å². The lowest BCUT2D eigenvalue weighted by Gasteiger charge is -2.12. The summed E-state index contributed by atoms with van der Waals surface area (Å²) < 4.78 is 26.8. The van der Waals surface area contributed by atoms with E-state index in [4.69, 9.17) is 11.5 Å². The zero-order chi connectivity index (χ0) is 15.9. The molecule has 0 radical (unpaired) electrons. The zero-order valence-electron chi connectivity index (χ0n) is 11.9.